The third-order valence-corrected chi connectivity index (χ3v) is 7.99. The second-order valence-corrected chi connectivity index (χ2v) is 11.8. The summed E-state index contributed by atoms with van der Waals surface area (Å²) in [7, 11) is 1.28. The summed E-state index contributed by atoms with van der Waals surface area (Å²) in [6.45, 7) is 4.80. The van der Waals surface area contributed by atoms with Gasteiger partial charge < -0.3 is 20.3 Å². The van der Waals surface area contributed by atoms with E-state index in [4.69, 9.17) is 14.8 Å². The Labute approximate surface area is 261 Å². The lowest BCUT2D eigenvalue weighted by atomic mass is 10.0. The lowest BCUT2D eigenvalue weighted by Gasteiger charge is -2.27. The summed E-state index contributed by atoms with van der Waals surface area (Å²) >= 11 is 1.60. The average molecular weight is 622 g/mol. The van der Waals surface area contributed by atoms with Crippen LogP contribution in [0.5, 0.6) is 0 Å². The van der Waals surface area contributed by atoms with E-state index in [0.29, 0.717) is 36.8 Å². The molecule has 44 heavy (non-hydrogen) atoms. The topological polar surface area (TPSA) is 148 Å². The maximum Gasteiger partial charge on any atom is 0.339 e. The van der Waals surface area contributed by atoms with Crippen molar-refractivity contribution in [2.45, 2.75) is 51.7 Å². The number of carbonyl (C=O) groups is 4. The molecule has 0 spiro atoms. The molecule has 1 aliphatic rings. The van der Waals surface area contributed by atoms with Crippen LogP contribution in [-0.2, 0) is 20.9 Å². The predicted molar refractivity (Wildman–Crippen MR) is 167 cm³/mol. The highest BCUT2D eigenvalue weighted by Gasteiger charge is 2.30. The number of rotatable bonds is 7. The molecule has 2 N–H and O–H groups in total. The standard InChI is InChI=1S/C31H39N7O5S/c1-20(2)26-28-35-27(21-9-6-5-7-10-21)36-38(28)17-16-37(30(41)24-13-12-22(19-32-24)31(42)43-3)15-8-11-25(39)33-23(14-18-44-4)29(40)34-26/h5-7,9-10,12-13,19-20,23,26H,8,11,14-18H2,1-4H3,(H,33,39)(H,34,40)/t23-,26?/m0/s1. The number of thioether (sulfide) groups is 1. The number of nitrogens with one attached hydrogen (secondary N) is 2. The van der Waals surface area contributed by atoms with Crippen molar-refractivity contribution in [1.29, 1.82) is 0 Å². The first-order valence-electron chi connectivity index (χ1n) is 14.6. The van der Waals surface area contributed by atoms with Crippen LogP contribution in [0.25, 0.3) is 11.4 Å². The second kappa shape index (κ2) is 15.5. The van der Waals surface area contributed by atoms with Gasteiger partial charge in [-0.15, -0.1) is 0 Å². The van der Waals surface area contributed by atoms with E-state index < -0.39 is 18.1 Å². The summed E-state index contributed by atoms with van der Waals surface area (Å²) in [5.74, 6) is 0.307. The number of methoxy groups -OCH3 is 1. The fraction of sp³-hybridized carbons (Fsp3) is 0.452. The molecule has 0 saturated heterocycles. The largest absolute Gasteiger partial charge is 0.465 e. The van der Waals surface area contributed by atoms with E-state index in [1.165, 1.54) is 25.4 Å². The Hall–Kier alpha value is -4.26. The number of fused-ring (bicyclic) bond motifs is 1. The van der Waals surface area contributed by atoms with Crippen molar-refractivity contribution < 1.29 is 23.9 Å². The van der Waals surface area contributed by atoms with Crippen LogP contribution in [0.4, 0.5) is 0 Å². The minimum absolute atomic E-state index is 0.0504. The molecular formula is C31H39N7O5S. The highest BCUT2D eigenvalue weighted by molar-refractivity contribution is 7.98. The van der Waals surface area contributed by atoms with Gasteiger partial charge in [-0.2, -0.15) is 16.9 Å². The van der Waals surface area contributed by atoms with Gasteiger partial charge in [-0.05, 0) is 42.9 Å². The fourth-order valence-electron chi connectivity index (χ4n) is 4.89. The number of ether oxygens (including phenoxy) is 1. The normalized spacial score (nSPS) is 18.2. The van der Waals surface area contributed by atoms with E-state index in [0.717, 1.165) is 5.56 Å². The lowest BCUT2D eigenvalue weighted by Crippen LogP contribution is -2.49. The van der Waals surface area contributed by atoms with Gasteiger partial charge in [0.2, 0.25) is 11.8 Å². The van der Waals surface area contributed by atoms with E-state index in [2.05, 4.69) is 15.6 Å². The first kappa shape index (κ1) is 32.6. The molecule has 0 radical (unpaired) electrons. The number of amides is 3. The highest BCUT2D eigenvalue weighted by atomic mass is 32.2. The maximum atomic E-state index is 13.6. The summed E-state index contributed by atoms with van der Waals surface area (Å²) in [6.07, 6.45) is 4.26. The quantitative estimate of drug-likeness (QED) is 0.380. The van der Waals surface area contributed by atoms with Crippen molar-refractivity contribution >= 4 is 35.5 Å². The van der Waals surface area contributed by atoms with Gasteiger partial charge in [-0.25, -0.2) is 14.5 Å². The fourth-order valence-corrected chi connectivity index (χ4v) is 5.37. The second-order valence-electron chi connectivity index (χ2n) is 10.8. The zero-order valence-electron chi connectivity index (χ0n) is 25.5. The number of hydrogen-bond donors (Lipinski definition) is 2. The Morgan fingerprint density at radius 1 is 1.07 bits per heavy atom. The molecule has 0 aliphatic carbocycles. The minimum Gasteiger partial charge on any atom is -0.465 e. The third-order valence-electron chi connectivity index (χ3n) is 7.34. The van der Waals surface area contributed by atoms with Crippen molar-refractivity contribution in [2.24, 2.45) is 5.92 Å². The van der Waals surface area contributed by atoms with Gasteiger partial charge in [0.05, 0.1) is 25.3 Å². The van der Waals surface area contributed by atoms with Crippen molar-refractivity contribution in [1.82, 2.24) is 35.3 Å². The molecule has 3 heterocycles. The maximum absolute atomic E-state index is 13.6. The van der Waals surface area contributed by atoms with Crippen LogP contribution in [0.15, 0.2) is 48.7 Å². The van der Waals surface area contributed by atoms with Crippen LogP contribution in [0.3, 0.4) is 0 Å². The Morgan fingerprint density at radius 3 is 2.50 bits per heavy atom. The zero-order valence-corrected chi connectivity index (χ0v) is 26.3. The van der Waals surface area contributed by atoms with Gasteiger partial charge in [-0.1, -0.05) is 44.2 Å². The number of hydrogen-bond acceptors (Lipinski definition) is 9. The van der Waals surface area contributed by atoms with E-state index in [1.54, 1.807) is 21.3 Å². The number of pyridine rings is 1. The van der Waals surface area contributed by atoms with Crippen LogP contribution < -0.4 is 10.6 Å². The Bertz CT molecular complexity index is 1450. The summed E-state index contributed by atoms with van der Waals surface area (Å²) in [6, 6.07) is 11.3. The van der Waals surface area contributed by atoms with E-state index in [-0.39, 0.29) is 54.4 Å². The van der Waals surface area contributed by atoms with Gasteiger partial charge >= 0.3 is 5.97 Å². The van der Waals surface area contributed by atoms with Crippen molar-refractivity contribution in [3.63, 3.8) is 0 Å². The smallest absolute Gasteiger partial charge is 0.339 e. The molecule has 234 valence electrons. The highest BCUT2D eigenvalue weighted by Crippen LogP contribution is 2.25. The van der Waals surface area contributed by atoms with Crippen molar-refractivity contribution in [3.8, 4) is 11.4 Å². The zero-order chi connectivity index (χ0) is 31.6. The average Bonchev–Trinajstić information content (AvgIpc) is 3.46. The third kappa shape index (κ3) is 8.22. The molecule has 0 saturated carbocycles. The molecule has 2 atom stereocenters. The minimum atomic E-state index is -0.709. The summed E-state index contributed by atoms with van der Waals surface area (Å²) in [5.41, 5.74) is 1.23. The Balaban J connectivity index is 1.71. The molecule has 3 amide bonds. The SMILES string of the molecule is COC(=O)c1ccc(C(=O)N2CCCC(=O)N[C@@H](CCSC)C(=O)NC(C(C)C)c3nc(-c4ccccc4)nn3CC2)nc1. The number of esters is 1. The number of aromatic nitrogens is 4. The van der Waals surface area contributed by atoms with Crippen LogP contribution >= 0.6 is 11.8 Å². The van der Waals surface area contributed by atoms with E-state index in [9.17, 15) is 19.2 Å². The lowest BCUT2D eigenvalue weighted by molar-refractivity contribution is -0.129. The van der Waals surface area contributed by atoms with Crippen LogP contribution in [-0.4, -0.2) is 86.6 Å². The molecule has 4 rings (SSSR count). The van der Waals surface area contributed by atoms with E-state index in [1.807, 2.05) is 50.4 Å². The Morgan fingerprint density at radius 2 is 1.84 bits per heavy atom. The molecule has 12 nitrogen and oxygen atoms in total. The monoisotopic (exact) mass is 621 g/mol. The summed E-state index contributed by atoms with van der Waals surface area (Å²) in [4.78, 5) is 62.7. The predicted octanol–water partition coefficient (Wildman–Crippen LogP) is 3.11. The molecule has 13 heteroatoms. The molecule has 1 aliphatic heterocycles. The van der Waals surface area contributed by atoms with E-state index >= 15 is 0 Å². The first-order valence-corrected chi connectivity index (χ1v) is 16.0. The van der Waals surface area contributed by atoms with Gasteiger partial charge in [-0.3, -0.25) is 19.4 Å². The van der Waals surface area contributed by atoms with Gasteiger partial charge in [0.25, 0.3) is 5.91 Å². The summed E-state index contributed by atoms with van der Waals surface area (Å²) < 4.78 is 6.49. The molecule has 0 fully saturated rings. The Kier molecular flexibility index (Phi) is 11.5. The number of benzene rings is 1. The number of carbonyl (C=O) groups excluding carboxylic acids is 4. The summed E-state index contributed by atoms with van der Waals surface area (Å²) in [5, 5.41) is 10.8. The molecule has 1 unspecified atom stereocenters. The van der Waals surface area contributed by atoms with Gasteiger partial charge in [0.1, 0.15) is 11.7 Å². The van der Waals surface area contributed by atoms with Crippen LogP contribution in [0.1, 0.15) is 65.8 Å². The molecule has 1 aromatic carbocycles. The molecule has 0 bridgehead atoms. The van der Waals surface area contributed by atoms with Crippen LogP contribution in [0, 0.1) is 5.92 Å². The molecule has 2 aromatic heterocycles. The van der Waals surface area contributed by atoms with Gasteiger partial charge in [0.15, 0.2) is 11.6 Å². The number of nitrogens with zero attached hydrogens (tertiary/aromatic N) is 5. The van der Waals surface area contributed by atoms with Crippen molar-refractivity contribution in [3.05, 3.63) is 65.7 Å². The van der Waals surface area contributed by atoms with Crippen LogP contribution in [0.2, 0.25) is 0 Å². The molecular weight excluding hydrogens is 582 g/mol. The van der Waals surface area contributed by atoms with Crippen molar-refractivity contribution in [2.75, 3.05) is 32.2 Å². The molecule has 3 aromatic rings. The first-order chi connectivity index (χ1) is 21.2. The van der Waals surface area contributed by atoms with Gasteiger partial charge in [0, 0.05) is 31.3 Å².